The molecule has 0 saturated carbocycles. The Morgan fingerprint density at radius 2 is 1.64 bits per heavy atom. The molecule has 0 spiro atoms. The van der Waals surface area contributed by atoms with E-state index in [0.29, 0.717) is 25.2 Å². The lowest BCUT2D eigenvalue weighted by Crippen LogP contribution is -2.15. The second-order valence-corrected chi connectivity index (χ2v) is 8.27. The summed E-state index contributed by atoms with van der Waals surface area (Å²) < 4.78 is 5.96. The summed E-state index contributed by atoms with van der Waals surface area (Å²) in [7, 11) is 0. The molecular weight excluding hydrogens is 308 g/mol. The van der Waals surface area contributed by atoms with E-state index >= 15 is 0 Å². The van der Waals surface area contributed by atoms with Crippen LogP contribution in [0.3, 0.4) is 0 Å². The quantitative estimate of drug-likeness (QED) is 0.671. The first kappa shape index (κ1) is 19.2. The summed E-state index contributed by atoms with van der Waals surface area (Å²) in [5.41, 5.74) is 5.83. The Labute approximate surface area is 152 Å². The van der Waals surface area contributed by atoms with Crippen molar-refractivity contribution in [2.45, 2.75) is 61.0 Å². The predicted molar refractivity (Wildman–Crippen MR) is 104 cm³/mol. The first-order chi connectivity index (χ1) is 11.6. The molecule has 0 aromatic heterocycles. The van der Waals surface area contributed by atoms with Crippen molar-refractivity contribution in [3.05, 3.63) is 64.2 Å². The molecule has 0 bridgehead atoms. The normalized spacial score (nSPS) is 11.4. The van der Waals surface area contributed by atoms with Crippen LogP contribution in [0.15, 0.2) is 36.4 Å². The largest absolute Gasteiger partial charge is 0.489 e. The molecule has 2 aromatic carbocycles. The van der Waals surface area contributed by atoms with Crippen LogP contribution >= 0.6 is 0 Å². The molecular formula is C23H30O2. The number of aryl methyl sites for hydroxylation is 3. The lowest BCUT2D eigenvalue weighted by Gasteiger charge is -2.18. The third-order valence-electron chi connectivity index (χ3n) is 4.26. The van der Waals surface area contributed by atoms with E-state index in [4.69, 9.17) is 4.74 Å². The summed E-state index contributed by atoms with van der Waals surface area (Å²) in [6.45, 7) is 13.1. The fourth-order valence-corrected chi connectivity index (χ4v) is 3.14. The van der Waals surface area contributed by atoms with Crippen molar-refractivity contribution < 1.29 is 9.53 Å². The van der Waals surface area contributed by atoms with E-state index in [9.17, 15) is 4.79 Å². The summed E-state index contributed by atoms with van der Waals surface area (Å²) in [5, 5.41) is 0. The van der Waals surface area contributed by atoms with Crippen LogP contribution in [-0.4, -0.2) is 5.78 Å². The SMILES string of the molecule is Cc1cccc(COc2cc(C)c(CC(=O)CC(C)(C)C)c(C)c2)c1. The minimum Gasteiger partial charge on any atom is -0.489 e. The first-order valence-electron chi connectivity index (χ1n) is 8.94. The van der Waals surface area contributed by atoms with Gasteiger partial charge in [-0.25, -0.2) is 0 Å². The summed E-state index contributed by atoms with van der Waals surface area (Å²) in [5.74, 6) is 1.16. The molecule has 2 aromatic rings. The van der Waals surface area contributed by atoms with Gasteiger partial charge in [0, 0.05) is 12.8 Å². The Morgan fingerprint density at radius 3 is 2.20 bits per heavy atom. The van der Waals surface area contributed by atoms with Crippen molar-refractivity contribution in [3.8, 4) is 5.75 Å². The smallest absolute Gasteiger partial charge is 0.137 e. The Morgan fingerprint density at radius 1 is 1.00 bits per heavy atom. The molecule has 0 saturated heterocycles. The lowest BCUT2D eigenvalue weighted by molar-refractivity contribution is -0.120. The topological polar surface area (TPSA) is 26.3 Å². The van der Waals surface area contributed by atoms with Gasteiger partial charge in [0.05, 0.1) is 0 Å². The molecule has 0 aliphatic carbocycles. The lowest BCUT2D eigenvalue weighted by atomic mass is 9.87. The van der Waals surface area contributed by atoms with Gasteiger partial charge >= 0.3 is 0 Å². The predicted octanol–water partition coefficient (Wildman–Crippen LogP) is 5.74. The Balaban J connectivity index is 2.07. The number of hydrogen-bond donors (Lipinski definition) is 0. The molecule has 0 radical (unpaired) electrons. The number of carbonyl (C=O) groups excluding carboxylic acids is 1. The van der Waals surface area contributed by atoms with Crippen LogP contribution in [0.1, 0.15) is 55.0 Å². The molecule has 0 aliphatic heterocycles. The zero-order chi connectivity index (χ0) is 18.6. The van der Waals surface area contributed by atoms with Crippen LogP contribution in [0, 0.1) is 26.2 Å². The Bertz CT molecular complexity index is 728. The molecule has 0 heterocycles. The minimum absolute atomic E-state index is 0.0375. The van der Waals surface area contributed by atoms with Gasteiger partial charge in [0.2, 0.25) is 0 Å². The first-order valence-corrected chi connectivity index (χ1v) is 8.94. The third-order valence-corrected chi connectivity index (χ3v) is 4.26. The van der Waals surface area contributed by atoms with Crippen LogP contribution in [0.4, 0.5) is 0 Å². The maximum absolute atomic E-state index is 12.3. The zero-order valence-corrected chi connectivity index (χ0v) is 16.4. The maximum atomic E-state index is 12.3. The van der Waals surface area contributed by atoms with Crippen molar-refractivity contribution in [3.63, 3.8) is 0 Å². The van der Waals surface area contributed by atoms with E-state index in [2.05, 4.69) is 65.8 Å². The maximum Gasteiger partial charge on any atom is 0.137 e. The fourth-order valence-electron chi connectivity index (χ4n) is 3.14. The number of Topliss-reactive ketones (excluding diaryl/α,β-unsaturated/α-hetero) is 1. The highest BCUT2D eigenvalue weighted by atomic mass is 16.5. The van der Waals surface area contributed by atoms with Gasteiger partial charge < -0.3 is 4.74 Å². The number of hydrogen-bond acceptors (Lipinski definition) is 2. The van der Waals surface area contributed by atoms with Crippen LogP contribution in [0.25, 0.3) is 0 Å². The second kappa shape index (κ2) is 7.86. The molecule has 0 fully saturated rings. The average molecular weight is 338 g/mol. The fraction of sp³-hybridized carbons (Fsp3) is 0.435. The average Bonchev–Trinajstić information content (AvgIpc) is 2.47. The number of benzene rings is 2. The molecule has 2 heteroatoms. The molecule has 2 nitrogen and oxygen atoms in total. The number of carbonyl (C=O) groups is 1. The van der Waals surface area contributed by atoms with Crippen molar-refractivity contribution in [1.29, 1.82) is 0 Å². The Kier molecular flexibility index (Phi) is 6.05. The van der Waals surface area contributed by atoms with Crippen LogP contribution in [0.2, 0.25) is 0 Å². The van der Waals surface area contributed by atoms with Gasteiger partial charge in [0.1, 0.15) is 18.1 Å². The van der Waals surface area contributed by atoms with Crippen molar-refractivity contribution in [2.24, 2.45) is 5.41 Å². The van der Waals surface area contributed by atoms with Crippen molar-refractivity contribution in [2.75, 3.05) is 0 Å². The monoisotopic (exact) mass is 338 g/mol. The van der Waals surface area contributed by atoms with E-state index in [0.717, 1.165) is 22.4 Å². The van der Waals surface area contributed by atoms with E-state index in [1.54, 1.807) is 0 Å². The zero-order valence-electron chi connectivity index (χ0n) is 16.4. The summed E-state index contributed by atoms with van der Waals surface area (Å²) in [4.78, 5) is 12.3. The highest BCUT2D eigenvalue weighted by molar-refractivity contribution is 5.82. The van der Waals surface area contributed by atoms with E-state index < -0.39 is 0 Å². The Hall–Kier alpha value is -2.09. The summed E-state index contributed by atoms with van der Waals surface area (Å²) in [6.07, 6.45) is 1.12. The van der Waals surface area contributed by atoms with Gasteiger partial charge in [0.15, 0.2) is 0 Å². The second-order valence-electron chi connectivity index (χ2n) is 8.27. The van der Waals surface area contributed by atoms with Gasteiger partial charge in [-0.2, -0.15) is 0 Å². The molecule has 134 valence electrons. The van der Waals surface area contributed by atoms with Gasteiger partial charge in [0.25, 0.3) is 0 Å². The summed E-state index contributed by atoms with van der Waals surface area (Å²) in [6, 6.07) is 12.4. The minimum atomic E-state index is 0.0375. The van der Waals surface area contributed by atoms with Crippen LogP contribution < -0.4 is 4.74 Å². The van der Waals surface area contributed by atoms with E-state index in [1.165, 1.54) is 11.1 Å². The highest BCUT2D eigenvalue weighted by Gasteiger charge is 2.18. The van der Waals surface area contributed by atoms with Gasteiger partial charge in [-0.1, -0.05) is 50.6 Å². The van der Waals surface area contributed by atoms with Crippen LogP contribution in [0.5, 0.6) is 5.75 Å². The van der Waals surface area contributed by atoms with E-state index in [1.807, 2.05) is 12.1 Å². The number of rotatable bonds is 6. The van der Waals surface area contributed by atoms with Gasteiger partial charge in [-0.15, -0.1) is 0 Å². The molecule has 25 heavy (non-hydrogen) atoms. The molecule has 0 amide bonds. The molecule has 0 aliphatic rings. The van der Waals surface area contributed by atoms with E-state index in [-0.39, 0.29) is 5.41 Å². The standard InChI is InChI=1S/C23H30O2/c1-16-8-7-9-19(10-16)15-25-21-11-17(2)22(18(3)12-21)13-20(24)14-23(4,5)6/h7-12H,13-15H2,1-6H3. The molecule has 2 rings (SSSR count). The summed E-state index contributed by atoms with van der Waals surface area (Å²) >= 11 is 0. The van der Waals surface area contributed by atoms with Crippen LogP contribution in [-0.2, 0) is 17.8 Å². The van der Waals surface area contributed by atoms with Gasteiger partial charge in [-0.3, -0.25) is 4.79 Å². The molecule has 0 N–H and O–H groups in total. The molecule has 0 unspecified atom stereocenters. The highest BCUT2D eigenvalue weighted by Crippen LogP contribution is 2.26. The third kappa shape index (κ3) is 6.04. The van der Waals surface area contributed by atoms with Crippen molar-refractivity contribution >= 4 is 5.78 Å². The van der Waals surface area contributed by atoms with Crippen molar-refractivity contribution in [1.82, 2.24) is 0 Å². The van der Waals surface area contributed by atoms with Gasteiger partial charge in [-0.05, 0) is 60.6 Å². The molecule has 0 atom stereocenters. The number of ketones is 1. The number of ether oxygens (including phenoxy) is 1.